The third kappa shape index (κ3) is 3.80. The van der Waals surface area contributed by atoms with E-state index in [4.69, 9.17) is 9.47 Å². The summed E-state index contributed by atoms with van der Waals surface area (Å²) in [7, 11) is 6.42. The number of nitrogens with zero attached hydrogens (tertiary/aromatic N) is 3. The lowest BCUT2D eigenvalue weighted by molar-refractivity contribution is -0.130. The number of carbonyl (C=O) groups is 2. The number of hydrogen-bond donors (Lipinski definition) is 0. The van der Waals surface area contributed by atoms with Gasteiger partial charge in [0.05, 0.1) is 14.2 Å². The summed E-state index contributed by atoms with van der Waals surface area (Å²) in [6, 6.07) is 5.46. The van der Waals surface area contributed by atoms with Gasteiger partial charge in [-0.05, 0) is 12.1 Å². The zero-order valence-corrected chi connectivity index (χ0v) is 13.8. The molecule has 23 heavy (non-hydrogen) atoms. The largest absolute Gasteiger partial charge is 0.497 e. The lowest BCUT2D eigenvalue weighted by atomic mass is 10.1. The Morgan fingerprint density at radius 1 is 1.30 bits per heavy atom. The zero-order valence-electron chi connectivity index (χ0n) is 13.8. The molecule has 1 heterocycles. The van der Waals surface area contributed by atoms with Gasteiger partial charge in [-0.2, -0.15) is 5.10 Å². The van der Waals surface area contributed by atoms with Crippen molar-refractivity contribution in [3.05, 3.63) is 23.8 Å². The van der Waals surface area contributed by atoms with Gasteiger partial charge in [0, 0.05) is 45.1 Å². The SMILES string of the molecule is COc1ccc(CN(C)C(=O)C2=NN(C)C(=O)CC2)c(OC)c1. The first-order valence-corrected chi connectivity index (χ1v) is 7.26. The van der Waals surface area contributed by atoms with E-state index in [2.05, 4.69) is 5.10 Å². The quantitative estimate of drug-likeness (QED) is 0.819. The van der Waals surface area contributed by atoms with E-state index in [1.54, 1.807) is 39.3 Å². The Labute approximate surface area is 135 Å². The monoisotopic (exact) mass is 319 g/mol. The summed E-state index contributed by atoms with van der Waals surface area (Å²) in [5, 5.41) is 5.27. The molecule has 0 saturated carbocycles. The van der Waals surface area contributed by atoms with Crippen molar-refractivity contribution in [3.63, 3.8) is 0 Å². The van der Waals surface area contributed by atoms with Crippen LogP contribution in [-0.2, 0) is 16.1 Å². The molecule has 0 N–H and O–H groups in total. The minimum absolute atomic E-state index is 0.0824. The van der Waals surface area contributed by atoms with E-state index >= 15 is 0 Å². The van der Waals surface area contributed by atoms with Gasteiger partial charge in [0.25, 0.3) is 5.91 Å². The van der Waals surface area contributed by atoms with Gasteiger partial charge in [-0.1, -0.05) is 0 Å². The Bertz CT molecular complexity index is 642. The normalized spacial score (nSPS) is 14.3. The highest BCUT2D eigenvalue weighted by Crippen LogP contribution is 2.25. The fourth-order valence-electron chi connectivity index (χ4n) is 2.35. The predicted octanol–water partition coefficient (Wildman–Crippen LogP) is 1.27. The molecule has 0 fully saturated rings. The number of ether oxygens (including phenoxy) is 2. The highest BCUT2D eigenvalue weighted by molar-refractivity contribution is 6.39. The van der Waals surface area contributed by atoms with Crippen molar-refractivity contribution in [1.29, 1.82) is 0 Å². The molecule has 2 rings (SSSR count). The Kier molecular flexibility index (Phi) is 5.20. The van der Waals surface area contributed by atoms with Gasteiger partial charge in [0.1, 0.15) is 17.2 Å². The first-order chi connectivity index (χ1) is 11.0. The van der Waals surface area contributed by atoms with Crippen LogP contribution in [0.4, 0.5) is 0 Å². The molecule has 1 aromatic rings. The lowest BCUT2D eigenvalue weighted by Gasteiger charge is -2.23. The molecule has 0 spiro atoms. The van der Waals surface area contributed by atoms with Gasteiger partial charge < -0.3 is 14.4 Å². The second-order valence-electron chi connectivity index (χ2n) is 5.30. The molecule has 2 amide bonds. The van der Waals surface area contributed by atoms with Crippen molar-refractivity contribution in [2.24, 2.45) is 5.10 Å². The summed E-state index contributed by atoms with van der Waals surface area (Å²) in [5.74, 6) is 1.07. The Balaban J connectivity index is 2.12. The standard InChI is InChI=1S/C16H21N3O4/c1-18(16(21)13-7-8-15(20)19(2)17-13)10-11-5-6-12(22-3)9-14(11)23-4/h5-6,9H,7-8,10H2,1-4H3. The lowest BCUT2D eigenvalue weighted by Crippen LogP contribution is -2.38. The van der Waals surface area contributed by atoms with Crippen LogP contribution in [0.1, 0.15) is 18.4 Å². The fraction of sp³-hybridized carbons (Fsp3) is 0.438. The van der Waals surface area contributed by atoms with Crippen LogP contribution >= 0.6 is 0 Å². The van der Waals surface area contributed by atoms with Gasteiger partial charge >= 0.3 is 0 Å². The molecule has 0 saturated heterocycles. The molecule has 1 aromatic carbocycles. The summed E-state index contributed by atoms with van der Waals surface area (Å²) >= 11 is 0. The summed E-state index contributed by atoms with van der Waals surface area (Å²) in [6.45, 7) is 0.378. The van der Waals surface area contributed by atoms with E-state index in [0.29, 0.717) is 36.6 Å². The van der Waals surface area contributed by atoms with Crippen LogP contribution in [0, 0.1) is 0 Å². The molecule has 0 radical (unpaired) electrons. The number of hydrogen-bond acceptors (Lipinski definition) is 5. The van der Waals surface area contributed by atoms with Crippen LogP contribution in [-0.4, -0.2) is 55.7 Å². The first kappa shape index (κ1) is 16.8. The number of benzene rings is 1. The highest BCUT2D eigenvalue weighted by atomic mass is 16.5. The van der Waals surface area contributed by atoms with E-state index < -0.39 is 0 Å². The van der Waals surface area contributed by atoms with Crippen LogP contribution in [0.5, 0.6) is 11.5 Å². The number of hydrazone groups is 1. The zero-order chi connectivity index (χ0) is 17.0. The molecule has 7 heteroatoms. The minimum Gasteiger partial charge on any atom is -0.497 e. The Morgan fingerprint density at radius 3 is 2.65 bits per heavy atom. The Morgan fingerprint density at radius 2 is 2.04 bits per heavy atom. The minimum atomic E-state index is -0.192. The maximum atomic E-state index is 12.5. The number of rotatable bonds is 5. The van der Waals surface area contributed by atoms with Crippen LogP contribution in [0.2, 0.25) is 0 Å². The first-order valence-electron chi connectivity index (χ1n) is 7.26. The number of carbonyl (C=O) groups excluding carboxylic acids is 2. The topological polar surface area (TPSA) is 71.4 Å². The van der Waals surface area contributed by atoms with Gasteiger partial charge in [-0.25, -0.2) is 5.01 Å². The second kappa shape index (κ2) is 7.13. The van der Waals surface area contributed by atoms with Crippen LogP contribution in [0.25, 0.3) is 0 Å². The van der Waals surface area contributed by atoms with E-state index in [9.17, 15) is 9.59 Å². The van der Waals surface area contributed by atoms with Crippen molar-refractivity contribution in [3.8, 4) is 11.5 Å². The molecule has 0 aromatic heterocycles. The number of methoxy groups -OCH3 is 2. The van der Waals surface area contributed by atoms with Gasteiger partial charge in [0.2, 0.25) is 5.91 Å². The predicted molar refractivity (Wildman–Crippen MR) is 85.5 cm³/mol. The van der Waals surface area contributed by atoms with Gasteiger partial charge in [0.15, 0.2) is 0 Å². The molecule has 124 valence electrons. The molecular formula is C16H21N3O4. The van der Waals surface area contributed by atoms with Gasteiger partial charge in [-0.15, -0.1) is 0 Å². The van der Waals surface area contributed by atoms with E-state index in [1.807, 2.05) is 12.1 Å². The third-order valence-electron chi connectivity index (χ3n) is 3.70. The average Bonchev–Trinajstić information content (AvgIpc) is 2.56. The van der Waals surface area contributed by atoms with E-state index in [-0.39, 0.29) is 11.8 Å². The molecule has 0 bridgehead atoms. The average molecular weight is 319 g/mol. The van der Waals surface area contributed by atoms with Gasteiger partial charge in [-0.3, -0.25) is 9.59 Å². The summed E-state index contributed by atoms with van der Waals surface area (Å²) in [6.07, 6.45) is 0.673. The Hall–Kier alpha value is -2.57. The summed E-state index contributed by atoms with van der Waals surface area (Å²) in [4.78, 5) is 25.5. The molecule has 7 nitrogen and oxygen atoms in total. The highest BCUT2D eigenvalue weighted by Gasteiger charge is 2.24. The van der Waals surface area contributed by atoms with Crippen molar-refractivity contribution in [2.45, 2.75) is 19.4 Å². The van der Waals surface area contributed by atoms with Crippen molar-refractivity contribution < 1.29 is 19.1 Å². The van der Waals surface area contributed by atoms with Crippen molar-refractivity contribution >= 4 is 17.5 Å². The molecule has 1 aliphatic heterocycles. The molecule has 0 atom stereocenters. The maximum Gasteiger partial charge on any atom is 0.270 e. The summed E-state index contributed by atoms with van der Waals surface area (Å²) in [5.41, 5.74) is 1.26. The smallest absolute Gasteiger partial charge is 0.270 e. The molecular weight excluding hydrogens is 298 g/mol. The van der Waals surface area contributed by atoms with Crippen LogP contribution in [0.3, 0.4) is 0 Å². The molecule has 1 aliphatic rings. The second-order valence-corrected chi connectivity index (χ2v) is 5.30. The summed E-state index contributed by atoms with van der Waals surface area (Å²) < 4.78 is 10.5. The third-order valence-corrected chi connectivity index (χ3v) is 3.70. The van der Waals surface area contributed by atoms with Crippen LogP contribution in [0.15, 0.2) is 23.3 Å². The molecule has 0 unspecified atom stereocenters. The van der Waals surface area contributed by atoms with E-state index in [1.165, 1.54) is 5.01 Å². The van der Waals surface area contributed by atoms with Crippen LogP contribution < -0.4 is 9.47 Å². The number of amides is 2. The fourth-order valence-corrected chi connectivity index (χ4v) is 2.35. The maximum absolute atomic E-state index is 12.5. The van der Waals surface area contributed by atoms with Crippen molar-refractivity contribution in [1.82, 2.24) is 9.91 Å². The van der Waals surface area contributed by atoms with E-state index in [0.717, 1.165) is 5.56 Å². The molecule has 0 aliphatic carbocycles. The van der Waals surface area contributed by atoms with Crippen molar-refractivity contribution in [2.75, 3.05) is 28.3 Å².